The maximum Gasteiger partial charge on any atom is -0.0353 e. The molecule has 0 aromatic heterocycles. The summed E-state index contributed by atoms with van der Waals surface area (Å²) in [4.78, 5) is 0. The van der Waals surface area contributed by atoms with Crippen LogP contribution in [0.5, 0.6) is 0 Å². The van der Waals surface area contributed by atoms with Crippen molar-refractivity contribution < 1.29 is 0 Å². The van der Waals surface area contributed by atoms with Gasteiger partial charge in [0.2, 0.25) is 0 Å². The average Bonchev–Trinajstić information content (AvgIpc) is 2.66. The Morgan fingerprint density at radius 3 is 0.917 bits per heavy atom. The summed E-state index contributed by atoms with van der Waals surface area (Å²) in [5.41, 5.74) is 0. The lowest BCUT2D eigenvalue weighted by Gasteiger charge is -1.91. The fourth-order valence-electron chi connectivity index (χ4n) is 0.715. The summed E-state index contributed by atoms with van der Waals surface area (Å²) in [6.07, 6.45) is 20.4. The molecule has 0 radical (unpaired) electrons. The molecule has 144 valence electrons. The predicted octanol–water partition coefficient (Wildman–Crippen LogP) is 9.47. The topological polar surface area (TPSA) is 0 Å². The summed E-state index contributed by atoms with van der Waals surface area (Å²) in [6, 6.07) is 0. The molecule has 0 aliphatic heterocycles. The minimum Gasteiger partial charge on any atom is -0.103 e. The maximum atomic E-state index is 3.66. The van der Waals surface area contributed by atoms with Crippen LogP contribution in [0.3, 0.4) is 0 Å². The third kappa shape index (κ3) is 135. The van der Waals surface area contributed by atoms with Crippen molar-refractivity contribution in [2.45, 2.75) is 92.4 Å². The van der Waals surface area contributed by atoms with Gasteiger partial charge in [0.15, 0.2) is 0 Å². The highest BCUT2D eigenvalue weighted by molar-refractivity contribution is 4.65. The van der Waals surface area contributed by atoms with Crippen LogP contribution in [0.15, 0.2) is 63.3 Å². The van der Waals surface area contributed by atoms with Crippen molar-refractivity contribution in [3.8, 4) is 0 Å². The van der Waals surface area contributed by atoms with Crippen molar-refractivity contribution in [1.82, 2.24) is 0 Å². The molecule has 0 rings (SSSR count). The van der Waals surface area contributed by atoms with Crippen LogP contribution in [0, 0.1) is 0 Å². The number of rotatable bonds is 9. The maximum absolute atomic E-state index is 3.66. The first-order valence-electron chi connectivity index (χ1n) is 9.62. The Morgan fingerprint density at radius 2 is 0.750 bits per heavy atom. The minimum absolute atomic E-state index is 1.08. The molecule has 0 nitrogen and oxygen atoms in total. The van der Waals surface area contributed by atoms with Crippen molar-refractivity contribution in [2.24, 2.45) is 0 Å². The molecule has 0 aromatic carbocycles. The predicted molar refractivity (Wildman–Crippen MR) is 121 cm³/mol. The first kappa shape index (κ1) is 34.1. The van der Waals surface area contributed by atoms with Crippen molar-refractivity contribution in [3.05, 3.63) is 63.3 Å². The van der Waals surface area contributed by atoms with Crippen LogP contribution in [0.1, 0.15) is 92.4 Å². The molecule has 24 heavy (non-hydrogen) atoms. The number of hydrogen-bond donors (Lipinski definition) is 0. The van der Waals surface area contributed by atoms with E-state index in [-0.39, 0.29) is 0 Å². The molecule has 0 atom stereocenters. The molecule has 0 saturated carbocycles. The second kappa shape index (κ2) is 57.6. The average molecular weight is 337 g/mol. The Hall–Kier alpha value is -1.30. The van der Waals surface area contributed by atoms with Gasteiger partial charge in [0.25, 0.3) is 0 Å². The van der Waals surface area contributed by atoms with Gasteiger partial charge in [-0.05, 0) is 38.5 Å². The van der Waals surface area contributed by atoms with Gasteiger partial charge in [0, 0.05) is 0 Å². The Balaban J connectivity index is -0.0000000657. The van der Waals surface area contributed by atoms with E-state index in [9.17, 15) is 0 Å². The fraction of sp³-hybridized carbons (Fsp3) is 0.583. The van der Waals surface area contributed by atoms with E-state index < -0.39 is 0 Å². The standard InChI is InChI=1S/C8H16.4C4H8/c1-3-5-7-8-6-4-2;4*1-3-4-2/h3H,1,4-8H2,2H3;4*3H,1,4H2,2H3. The first-order valence-corrected chi connectivity index (χ1v) is 9.62. The molecule has 0 N–H and O–H groups in total. The summed E-state index contributed by atoms with van der Waals surface area (Å²) in [5.74, 6) is 0. The highest BCUT2D eigenvalue weighted by atomic mass is 13.9. The third-order valence-corrected chi connectivity index (χ3v) is 2.42. The van der Waals surface area contributed by atoms with Crippen LogP contribution in [-0.2, 0) is 0 Å². The van der Waals surface area contributed by atoms with E-state index >= 15 is 0 Å². The van der Waals surface area contributed by atoms with Crippen LogP contribution in [0.4, 0.5) is 0 Å². The molecule has 0 unspecified atom stereocenters. The van der Waals surface area contributed by atoms with Gasteiger partial charge >= 0.3 is 0 Å². The number of hydrogen-bond acceptors (Lipinski definition) is 0. The van der Waals surface area contributed by atoms with Gasteiger partial charge in [-0.2, -0.15) is 0 Å². The van der Waals surface area contributed by atoms with Crippen molar-refractivity contribution in [2.75, 3.05) is 0 Å². The van der Waals surface area contributed by atoms with Gasteiger partial charge in [0.05, 0.1) is 0 Å². The van der Waals surface area contributed by atoms with Gasteiger partial charge < -0.3 is 0 Å². The third-order valence-electron chi connectivity index (χ3n) is 2.42. The molecule has 0 saturated heterocycles. The van der Waals surface area contributed by atoms with Gasteiger partial charge in [-0.25, -0.2) is 0 Å². The van der Waals surface area contributed by atoms with Crippen LogP contribution >= 0.6 is 0 Å². The molecular weight excluding hydrogens is 288 g/mol. The Morgan fingerprint density at radius 1 is 0.458 bits per heavy atom. The SMILES string of the molecule is C=CCC.C=CCC.C=CCC.C=CCC.C=CCCCCCC. The summed E-state index contributed by atoms with van der Waals surface area (Å²) in [7, 11) is 0. The van der Waals surface area contributed by atoms with E-state index in [2.05, 4.69) is 67.5 Å². The molecule has 0 aromatic rings. The molecule has 0 aliphatic rings. The van der Waals surface area contributed by atoms with E-state index in [0.29, 0.717) is 0 Å². The molecule has 0 aliphatic carbocycles. The zero-order valence-corrected chi connectivity index (χ0v) is 17.8. The second-order valence-corrected chi connectivity index (χ2v) is 4.93. The lowest BCUT2D eigenvalue weighted by molar-refractivity contribution is 0.675. The van der Waals surface area contributed by atoms with Gasteiger partial charge in [-0.1, -0.05) is 84.3 Å². The Labute approximate surface area is 156 Å². The normalized spacial score (nSPS) is 7.21. The highest BCUT2D eigenvalue weighted by Crippen LogP contribution is 2.01. The van der Waals surface area contributed by atoms with E-state index in [4.69, 9.17) is 0 Å². The lowest BCUT2D eigenvalue weighted by Crippen LogP contribution is -1.71. The monoisotopic (exact) mass is 336 g/mol. The van der Waals surface area contributed by atoms with Crippen LogP contribution in [-0.4, -0.2) is 0 Å². The molecular formula is C24H48. The second-order valence-electron chi connectivity index (χ2n) is 4.93. The van der Waals surface area contributed by atoms with Crippen molar-refractivity contribution >= 4 is 0 Å². The van der Waals surface area contributed by atoms with Crippen LogP contribution < -0.4 is 0 Å². The molecule has 0 bridgehead atoms. The zero-order chi connectivity index (χ0) is 19.9. The Bertz CT molecular complexity index is 178. The van der Waals surface area contributed by atoms with E-state index in [0.717, 1.165) is 25.7 Å². The molecule has 0 heteroatoms. The molecule has 0 spiro atoms. The summed E-state index contributed by atoms with van der Waals surface area (Å²) < 4.78 is 0. The summed E-state index contributed by atoms with van der Waals surface area (Å²) in [5, 5.41) is 0. The van der Waals surface area contributed by atoms with Crippen molar-refractivity contribution in [1.29, 1.82) is 0 Å². The quantitative estimate of drug-likeness (QED) is 0.290. The number of allylic oxidation sites excluding steroid dienone is 5. The summed E-state index contributed by atoms with van der Waals surface area (Å²) in [6.45, 7) is 28.1. The van der Waals surface area contributed by atoms with Gasteiger partial charge in [0.1, 0.15) is 0 Å². The molecule has 0 amide bonds. The number of unbranched alkanes of at least 4 members (excludes halogenated alkanes) is 4. The summed E-state index contributed by atoms with van der Waals surface area (Å²) >= 11 is 0. The van der Waals surface area contributed by atoms with E-state index in [1.165, 1.54) is 32.1 Å². The first-order chi connectivity index (χ1) is 11.6. The van der Waals surface area contributed by atoms with E-state index in [1.807, 2.05) is 30.4 Å². The van der Waals surface area contributed by atoms with Gasteiger partial charge in [-0.3, -0.25) is 0 Å². The van der Waals surface area contributed by atoms with E-state index in [1.54, 1.807) is 0 Å². The lowest BCUT2D eigenvalue weighted by atomic mass is 10.2. The van der Waals surface area contributed by atoms with Crippen LogP contribution in [0.2, 0.25) is 0 Å². The molecule has 0 fully saturated rings. The molecule has 0 heterocycles. The minimum atomic E-state index is 1.08. The van der Waals surface area contributed by atoms with Crippen LogP contribution in [0.25, 0.3) is 0 Å². The largest absolute Gasteiger partial charge is 0.103 e. The highest BCUT2D eigenvalue weighted by Gasteiger charge is 1.81. The van der Waals surface area contributed by atoms with Crippen molar-refractivity contribution in [3.63, 3.8) is 0 Å². The zero-order valence-electron chi connectivity index (χ0n) is 17.8. The fourth-order valence-corrected chi connectivity index (χ4v) is 0.715. The smallest absolute Gasteiger partial charge is 0.0353 e. The van der Waals surface area contributed by atoms with Gasteiger partial charge in [-0.15, -0.1) is 32.9 Å². The Kier molecular flexibility index (Phi) is 82.0.